The largest absolute Gasteiger partial charge is 0.358 e. The van der Waals surface area contributed by atoms with E-state index in [9.17, 15) is 14.4 Å². The number of hydrogen-bond acceptors (Lipinski definition) is 3. The average Bonchev–Trinajstić information content (AvgIpc) is 2.78. The van der Waals surface area contributed by atoms with E-state index in [1.807, 2.05) is 45.0 Å². The fourth-order valence-electron chi connectivity index (χ4n) is 3.41. The molecule has 1 aliphatic rings. The molecule has 0 bridgehead atoms. The molecule has 0 saturated heterocycles. The Kier molecular flexibility index (Phi) is 9.73. The molecule has 0 N–H and O–H groups in total. The van der Waals surface area contributed by atoms with Crippen LogP contribution in [0.1, 0.15) is 51.8 Å². The Morgan fingerprint density at radius 2 is 1.42 bits per heavy atom. The Morgan fingerprint density at radius 1 is 0.903 bits per heavy atom. The van der Waals surface area contributed by atoms with Crippen LogP contribution < -0.4 is 4.90 Å². The number of amides is 3. The fourth-order valence-corrected chi connectivity index (χ4v) is 3.41. The molecule has 0 saturated carbocycles. The summed E-state index contributed by atoms with van der Waals surface area (Å²) in [5.74, 6) is -0.908. The molecule has 1 radical (unpaired) electrons. The van der Waals surface area contributed by atoms with Gasteiger partial charge in [-0.25, -0.2) is 4.90 Å². The Balaban J connectivity index is 0.00000117. The number of hydrogen-bond donors (Lipinski definition) is 0. The average molecular weight is 492 g/mol. The summed E-state index contributed by atoms with van der Waals surface area (Å²) in [4.78, 5) is 41.4. The molecule has 0 aromatic heterocycles. The predicted molar refractivity (Wildman–Crippen MR) is 122 cm³/mol. The summed E-state index contributed by atoms with van der Waals surface area (Å²) in [7, 11) is 1.71. The summed E-state index contributed by atoms with van der Waals surface area (Å²) in [5, 5.41) is 1.55. The number of benzene rings is 3. The van der Waals surface area contributed by atoms with Gasteiger partial charge in [-0.15, -0.1) is 0 Å². The van der Waals surface area contributed by atoms with Crippen molar-refractivity contribution in [2.75, 3.05) is 18.5 Å². The summed E-state index contributed by atoms with van der Waals surface area (Å²) < 4.78 is 0. The Bertz CT molecular complexity index is 1060. The van der Waals surface area contributed by atoms with E-state index in [2.05, 4.69) is 0 Å². The molecule has 0 fully saturated rings. The van der Waals surface area contributed by atoms with E-state index >= 15 is 0 Å². The first kappa shape index (κ1) is 26.7. The van der Waals surface area contributed by atoms with Crippen LogP contribution >= 0.6 is 0 Å². The molecular weight excluding hydrogens is 465 g/mol. The summed E-state index contributed by atoms with van der Waals surface area (Å²) in [6, 6.07) is 17.5. The zero-order chi connectivity index (χ0) is 21.1. The second kappa shape index (κ2) is 11.3. The van der Waals surface area contributed by atoms with Gasteiger partial charge in [0.1, 0.15) is 0 Å². The standard InChI is InChI=1S/C22H18N2O3.C2H6.CH3.Y/c1-3-23(2)20(25)15-9-4-10-16(13-15)24-21(26)17-11-5-7-14-8-6-12-18(19(14)17)22(24)27;1-2;;/h4-13H,3H2,1-2H3;1-2H3;1H3;/q;;-1;. The number of imide groups is 1. The zero-order valence-electron chi connectivity index (χ0n) is 18.7. The van der Waals surface area contributed by atoms with Crippen molar-refractivity contribution in [3.8, 4) is 0 Å². The third-order valence-electron chi connectivity index (χ3n) is 4.94. The van der Waals surface area contributed by atoms with E-state index in [1.165, 1.54) is 0 Å². The monoisotopic (exact) mass is 492 g/mol. The number of anilines is 1. The second-order valence-electron chi connectivity index (χ2n) is 6.52. The SMILES string of the molecule is CC.CCN(C)C(=O)c1cccc(N2C(=O)c3cccc4cccc(c34)C2=O)c1.[CH3-].[Y]. The molecule has 0 unspecified atom stereocenters. The van der Waals surface area contributed by atoms with Crippen LogP contribution in [-0.2, 0) is 32.7 Å². The first-order chi connectivity index (χ1) is 14.0. The predicted octanol–water partition coefficient (Wildman–Crippen LogP) is 5.21. The van der Waals surface area contributed by atoms with Crippen LogP contribution in [0.2, 0.25) is 0 Å². The van der Waals surface area contributed by atoms with Gasteiger partial charge in [-0.3, -0.25) is 14.4 Å². The van der Waals surface area contributed by atoms with Crippen molar-refractivity contribution in [3.63, 3.8) is 0 Å². The third-order valence-corrected chi connectivity index (χ3v) is 4.94. The van der Waals surface area contributed by atoms with Crippen molar-refractivity contribution >= 4 is 34.2 Å². The number of rotatable bonds is 3. The summed E-state index contributed by atoms with van der Waals surface area (Å²) >= 11 is 0. The molecular formula is C25H27N2O3Y-. The zero-order valence-corrected chi connectivity index (χ0v) is 21.5. The van der Waals surface area contributed by atoms with Gasteiger partial charge in [0.15, 0.2) is 0 Å². The number of carbonyl (C=O) groups is 3. The van der Waals surface area contributed by atoms with Crippen LogP contribution in [0.5, 0.6) is 0 Å². The molecule has 5 nitrogen and oxygen atoms in total. The first-order valence-corrected chi connectivity index (χ1v) is 9.79. The molecule has 0 atom stereocenters. The minimum atomic E-state index is -0.377. The van der Waals surface area contributed by atoms with Crippen LogP contribution in [-0.4, -0.2) is 36.2 Å². The van der Waals surface area contributed by atoms with Gasteiger partial charge < -0.3 is 12.3 Å². The van der Waals surface area contributed by atoms with Crippen LogP contribution in [0, 0.1) is 7.43 Å². The number of nitrogens with zero attached hydrogens (tertiary/aromatic N) is 2. The van der Waals surface area contributed by atoms with Crippen molar-refractivity contribution in [1.82, 2.24) is 4.90 Å². The minimum absolute atomic E-state index is 0. The van der Waals surface area contributed by atoms with E-state index in [0.717, 1.165) is 10.3 Å². The van der Waals surface area contributed by atoms with Crippen molar-refractivity contribution in [3.05, 3.63) is 84.8 Å². The van der Waals surface area contributed by atoms with E-state index < -0.39 is 0 Å². The van der Waals surface area contributed by atoms with Gasteiger partial charge in [0.05, 0.1) is 5.69 Å². The van der Waals surface area contributed by atoms with Gasteiger partial charge in [-0.05, 0) is 42.6 Å². The smallest absolute Gasteiger partial charge is 0.265 e. The number of carbonyl (C=O) groups excluding carboxylic acids is 3. The fraction of sp³-hybridized carbons (Fsp3) is 0.200. The molecule has 4 rings (SSSR count). The normalized spacial score (nSPS) is 11.7. The third kappa shape index (κ3) is 4.78. The Hall–Kier alpha value is -2.37. The van der Waals surface area contributed by atoms with Gasteiger partial charge in [0, 0.05) is 68.4 Å². The topological polar surface area (TPSA) is 57.7 Å². The maximum atomic E-state index is 13.1. The van der Waals surface area contributed by atoms with Gasteiger partial charge in [0.25, 0.3) is 17.7 Å². The summed E-state index contributed by atoms with van der Waals surface area (Å²) in [6.45, 7) is 6.46. The molecule has 159 valence electrons. The van der Waals surface area contributed by atoms with Crippen LogP contribution in [0.25, 0.3) is 10.8 Å². The van der Waals surface area contributed by atoms with Crippen LogP contribution in [0.15, 0.2) is 60.7 Å². The van der Waals surface area contributed by atoms with Crippen LogP contribution in [0.4, 0.5) is 5.69 Å². The van der Waals surface area contributed by atoms with Crippen molar-refractivity contribution in [1.29, 1.82) is 0 Å². The van der Waals surface area contributed by atoms with E-state index in [0.29, 0.717) is 34.3 Å². The molecule has 3 aromatic carbocycles. The molecule has 31 heavy (non-hydrogen) atoms. The Morgan fingerprint density at radius 3 is 1.94 bits per heavy atom. The van der Waals surface area contributed by atoms with Crippen molar-refractivity contribution in [2.45, 2.75) is 20.8 Å². The molecule has 1 heterocycles. The molecule has 0 spiro atoms. The maximum Gasteiger partial charge on any atom is 0.265 e. The Labute approximate surface area is 209 Å². The summed E-state index contributed by atoms with van der Waals surface area (Å²) in [6.07, 6.45) is 0. The van der Waals surface area contributed by atoms with Gasteiger partial charge >= 0.3 is 0 Å². The van der Waals surface area contributed by atoms with Crippen molar-refractivity contribution in [2.24, 2.45) is 0 Å². The molecule has 6 heteroatoms. The summed E-state index contributed by atoms with van der Waals surface area (Å²) in [5.41, 5.74) is 1.82. The molecule has 3 aromatic rings. The second-order valence-corrected chi connectivity index (χ2v) is 6.52. The quantitative estimate of drug-likeness (QED) is 0.373. The van der Waals surface area contributed by atoms with E-state index in [-0.39, 0.29) is 57.9 Å². The van der Waals surface area contributed by atoms with Gasteiger partial charge in [-0.1, -0.05) is 44.2 Å². The molecule has 3 amide bonds. The van der Waals surface area contributed by atoms with Crippen LogP contribution in [0.3, 0.4) is 0 Å². The maximum absolute atomic E-state index is 13.1. The van der Waals surface area contributed by atoms with Gasteiger partial charge in [0.2, 0.25) is 0 Å². The van der Waals surface area contributed by atoms with E-state index in [1.54, 1.807) is 48.3 Å². The molecule has 0 aliphatic carbocycles. The van der Waals surface area contributed by atoms with Crippen molar-refractivity contribution < 1.29 is 47.1 Å². The molecule has 1 aliphatic heterocycles. The first-order valence-electron chi connectivity index (χ1n) is 9.79. The van der Waals surface area contributed by atoms with E-state index in [4.69, 9.17) is 0 Å². The van der Waals surface area contributed by atoms with Gasteiger partial charge in [-0.2, -0.15) is 0 Å². The minimum Gasteiger partial charge on any atom is -0.358 e.